The summed E-state index contributed by atoms with van der Waals surface area (Å²) in [6, 6.07) is 8.45. The van der Waals surface area contributed by atoms with Crippen LogP contribution in [0.4, 0.5) is 0 Å². The molecule has 2 heterocycles. The minimum atomic E-state index is -3.75. The Morgan fingerprint density at radius 1 is 1.04 bits per heavy atom. The maximum absolute atomic E-state index is 13.4. The molecule has 1 aromatic carbocycles. The lowest BCUT2D eigenvalue weighted by Crippen LogP contribution is -2.36. The summed E-state index contributed by atoms with van der Waals surface area (Å²) in [5, 5.41) is 0. The Kier molecular flexibility index (Phi) is 5.69. The van der Waals surface area contributed by atoms with E-state index in [-0.39, 0.29) is 17.1 Å². The number of imidazole rings is 1. The van der Waals surface area contributed by atoms with E-state index in [1.807, 2.05) is 25.1 Å². The van der Waals surface area contributed by atoms with E-state index in [4.69, 9.17) is 0 Å². The van der Waals surface area contributed by atoms with Crippen LogP contribution in [0.5, 0.6) is 0 Å². The number of aryl methyl sites for hydroxylation is 2. The molecule has 28 heavy (non-hydrogen) atoms. The van der Waals surface area contributed by atoms with Crippen LogP contribution >= 0.6 is 0 Å². The number of hydrogen-bond donors (Lipinski definition) is 0. The van der Waals surface area contributed by atoms with Crippen molar-refractivity contribution in [3.8, 4) is 0 Å². The fraction of sp³-hybridized carbons (Fsp3) is 0.368. The Bertz CT molecular complexity index is 1130. The van der Waals surface area contributed by atoms with Crippen molar-refractivity contribution in [2.24, 2.45) is 14.1 Å². The van der Waals surface area contributed by atoms with Crippen LogP contribution in [0, 0.1) is 0 Å². The van der Waals surface area contributed by atoms with E-state index >= 15 is 0 Å². The van der Waals surface area contributed by atoms with Crippen LogP contribution in [0.1, 0.15) is 5.56 Å². The van der Waals surface area contributed by atoms with Crippen molar-refractivity contribution in [1.82, 2.24) is 23.3 Å². The first kappa shape index (κ1) is 20.2. The maximum atomic E-state index is 13.4. The molecule has 0 radical (unpaired) electrons. The van der Waals surface area contributed by atoms with Gasteiger partial charge in [0.1, 0.15) is 0 Å². The normalized spacial score (nSPS) is 12.4. The summed E-state index contributed by atoms with van der Waals surface area (Å²) in [6.07, 6.45) is 3.33. The van der Waals surface area contributed by atoms with Gasteiger partial charge in [-0.3, -0.25) is 14.1 Å². The van der Waals surface area contributed by atoms with Crippen LogP contribution in [0.3, 0.4) is 0 Å². The molecule has 0 atom stereocenters. The number of pyridine rings is 1. The molecule has 0 aliphatic carbocycles. The molecule has 9 heteroatoms. The minimum absolute atomic E-state index is 0.170. The second kappa shape index (κ2) is 7.86. The molecule has 3 aromatic rings. The first-order chi connectivity index (χ1) is 13.2. The first-order valence-electron chi connectivity index (χ1n) is 8.91. The highest BCUT2D eigenvalue weighted by Crippen LogP contribution is 2.22. The molecule has 3 rings (SSSR count). The number of aromatic nitrogens is 3. The van der Waals surface area contributed by atoms with Gasteiger partial charge in [0.2, 0.25) is 10.0 Å². The van der Waals surface area contributed by atoms with Gasteiger partial charge in [0.15, 0.2) is 0 Å². The van der Waals surface area contributed by atoms with E-state index in [0.29, 0.717) is 24.1 Å². The van der Waals surface area contributed by atoms with Gasteiger partial charge in [0.05, 0.1) is 15.9 Å². The SMILES string of the molecule is CN(C)CCN(Cc1cccnc1)S(=O)(=O)c1ccc2c(c1)n(C)c(=O)n2C. The fourth-order valence-corrected chi connectivity index (χ4v) is 4.53. The molecule has 0 aliphatic heterocycles. The van der Waals surface area contributed by atoms with E-state index in [0.717, 1.165) is 5.56 Å². The third-order valence-electron chi connectivity index (χ3n) is 4.76. The lowest BCUT2D eigenvalue weighted by Gasteiger charge is -2.24. The Hall–Kier alpha value is -2.49. The summed E-state index contributed by atoms with van der Waals surface area (Å²) in [7, 11) is 3.37. The third kappa shape index (κ3) is 3.87. The highest BCUT2D eigenvalue weighted by molar-refractivity contribution is 7.89. The van der Waals surface area contributed by atoms with Gasteiger partial charge in [-0.15, -0.1) is 0 Å². The summed E-state index contributed by atoms with van der Waals surface area (Å²) in [4.78, 5) is 18.3. The number of benzene rings is 1. The van der Waals surface area contributed by atoms with Gasteiger partial charge in [0.25, 0.3) is 0 Å². The van der Waals surface area contributed by atoms with E-state index < -0.39 is 10.0 Å². The van der Waals surface area contributed by atoms with Gasteiger partial charge < -0.3 is 4.90 Å². The molecular formula is C19H25N5O3S. The summed E-state index contributed by atoms with van der Waals surface area (Å²) < 4.78 is 31.2. The highest BCUT2D eigenvalue weighted by atomic mass is 32.2. The molecule has 0 saturated heterocycles. The van der Waals surface area contributed by atoms with Crippen LogP contribution < -0.4 is 5.69 Å². The van der Waals surface area contributed by atoms with Crippen LogP contribution in [0.15, 0.2) is 52.4 Å². The number of sulfonamides is 1. The minimum Gasteiger partial charge on any atom is -0.308 e. The van der Waals surface area contributed by atoms with Crippen molar-refractivity contribution in [2.45, 2.75) is 11.4 Å². The second-order valence-electron chi connectivity index (χ2n) is 7.05. The van der Waals surface area contributed by atoms with Crippen molar-refractivity contribution >= 4 is 21.1 Å². The summed E-state index contributed by atoms with van der Waals surface area (Å²) >= 11 is 0. The zero-order chi connectivity index (χ0) is 20.5. The van der Waals surface area contributed by atoms with E-state index in [9.17, 15) is 13.2 Å². The second-order valence-corrected chi connectivity index (χ2v) is 8.99. The average molecular weight is 404 g/mol. The zero-order valence-electron chi connectivity index (χ0n) is 16.5. The van der Waals surface area contributed by atoms with Gasteiger partial charge >= 0.3 is 5.69 Å². The van der Waals surface area contributed by atoms with Crippen LogP contribution in [-0.2, 0) is 30.7 Å². The Labute approximate surface area is 164 Å². The monoisotopic (exact) mass is 403 g/mol. The predicted molar refractivity (Wildman–Crippen MR) is 109 cm³/mol. The van der Waals surface area contributed by atoms with Crippen LogP contribution in [0.25, 0.3) is 11.0 Å². The van der Waals surface area contributed by atoms with E-state index in [1.165, 1.54) is 13.4 Å². The van der Waals surface area contributed by atoms with Crippen molar-refractivity contribution in [3.63, 3.8) is 0 Å². The van der Waals surface area contributed by atoms with Gasteiger partial charge in [0, 0.05) is 46.1 Å². The topological polar surface area (TPSA) is 80.4 Å². The lowest BCUT2D eigenvalue weighted by atomic mass is 10.3. The summed E-state index contributed by atoms with van der Waals surface area (Å²) in [5.41, 5.74) is 1.91. The quantitative estimate of drug-likeness (QED) is 0.589. The average Bonchev–Trinajstić information content (AvgIpc) is 2.89. The molecule has 0 N–H and O–H groups in total. The molecule has 0 fully saturated rings. The standard InChI is InChI=1S/C19H25N5O3S/c1-21(2)10-11-24(14-15-6-5-9-20-13-15)28(26,27)16-7-8-17-18(12-16)23(4)19(25)22(17)3/h5-9,12-13H,10-11,14H2,1-4H3. The number of rotatable bonds is 7. The van der Waals surface area contributed by atoms with Gasteiger partial charge in [-0.1, -0.05) is 6.07 Å². The van der Waals surface area contributed by atoms with E-state index in [1.54, 1.807) is 50.8 Å². The molecular weight excluding hydrogens is 378 g/mol. The Balaban J connectivity index is 2.03. The molecule has 0 saturated carbocycles. The maximum Gasteiger partial charge on any atom is 0.328 e. The van der Waals surface area contributed by atoms with E-state index in [2.05, 4.69) is 4.98 Å². The van der Waals surface area contributed by atoms with Gasteiger partial charge in [-0.25, -0.2) is 13.2 Å². The number of fused-ring (bicyclic) bond motifs is 1. The molecule has 150 valence electrons. The molecule has 8 nitrogen and oxygen atoms in total. The first-order valence-corrected chi connectivity index (χ1v) is 10.3. The van der Waals surface area contributed by atoms with Crippen LogP contribution in [-0.4, -0.2) is 58.9 Å². The van der Waals surface area contributed by atoms with Gasteiger partial charge in [-0.05, 0) is 43.9 Å². The van der Waals surface area contributed by atoms with Crippen molar-refractivity contribution < 1.29 is 8.42 Å². The number of hydrogen-bond acceptors (Lipinski definition) is 5. The smallest absolute Gasteiger partial charge is 0.308 e. The lowest BCUT2D eigenvalue weighted by molar-refractivity contribution is 0.329. The summed E-state index contributed by atoms with van der Waals surface area (Å²) in [6.45, 7) is 1.16. The molecule has 0 bridgehead atoms. The molecule has 0 unspecified atom stereocenters. The molecule has 0 amide bonds. The molecule has 0 aliphatic rings. The van der Waals surface area contributed by atoms with Crippen molar-refractivity contribution in [1.29, 1.82) is 0 Å². The van der Waals surface area contributed by atoms with Crippen LogP contribution in [0.2, 0.25) is 0 Å². The fourth-order valence-electron chi connectivity index (χ4n) is 3.09. The third-order valence-corrected chi connectivity index (χ3v) is 6.60. The Morgan fingerprint density at radius 2 is 1.75 bits per heavy atom. The zero-order valence-corrected chi connectivity index (χ0v) is 17.3. The largest absolute Gasteiger partial charge is 0.328 e. The predicted octanol–water partition coefficient (Wildman–Crippen LogP) is 1.02. The number of likely N-dealkylation sites (N-methyl/N-ethyl adjacent to an activating group) is 1. The van der Waals surface area contributed by atoms with Crippen molar-refractivity contribution in [3.05, 3.63) is 58.8 Å². The highest BCUT2D eigenvalue weighted by Gasteiger charge is 2.26. The van der Waals surface area contributed by atoms with Gasteiger partial charge in [-0.2, -0.15) is 4.31 Å². The van der Waals surface area contributed by atoms with Crippen molar-refractivity contribution in [2.75, 3.05) is 27.2 Å². The number of nitrogens with zero attached hydrogens (tertiary/aromatic N) is 5. The Morgan fingerprint density at radius 3 is 2.39 bits per heavy atom. The molecule has 0 spiro atoms. The molecule has 2 aromatic heterocycles. The summed E-state index contributed by atoms with van der Waals surface area (Å²) in [5.74, 6) is 0.